The number of ether oxygens (including phenoxy) is 1. The summed E-state index contributed by atoms with van der Waals surface area (Å²) in [5, 5.41) is 0.863. The Bertz CT molecular complexity index is 408. The molecule has 0 N–H and O–H groups in total. The van der Waals surface area contributed by atoms with Crippen molar-refractivity contribution in [1.29, 1.82) is 0 Å². The third-order valence-corrected chi connectivity index (χ3v) is 8.16. The van der Waals surface area contributed by atoms with Crippen LogP contribution in [0, 0.1) is 5.92 Å². The lowest BCUT2D eigenvalue weighted by atomic mass is 10.0. The SMILES string of the molecule is CCCCCCCCCCCCCCCCCCOC(=S)C(C)CCCCCCCCCCCC. The van der Waals surface area contributed by atoms with E-state index in [9.17, 15) is 0 Å². The first-order valence-corrected chi connectivity index (χ1v) is 16.8. The molecule has 0 rings (SSSR count). The average Bonchev–Trinajstić information content (AvgIpc) is 2.86. The summed E-state index contributed by atoms with van der Waals surface area (Å²) in [6, 6.07) is 0. The summed E-state index contributed by atoms with van der Waals surface area (Å²) in [6.07, 6.45) is 37.8. The highest BCUT2D eigenvalue weighted by Crippen LogP contribution is 2.17. The van der Waals surface area contributed by atoms with E-state index in [1.807, 2.05) is 0 Å². The van der Waals surface area contributed by atoms with Crippen LogP contribution in [0.5, 0.6) is 0 Å². The van der Waals surface area contributed by atoms with Crippen molar-refractivity contribution < 1.29 is 4.74 Å². The van der Waals surface area contributed by atoms with Crippen molar-refractivity contribution in [2.24, 2.45) is 5.92 Å². The minimum Gasteiger partial charge on any atom is -0.487 e. The predicted octanol–water partition coefficient (Wildman–Crippen LogP) is 12.5. The first kappa shape index (κ1) is 34.9. The topological polar surface area (TPSA) is 9.23 Å². The molecule has 35 heavy (non-hydrogen) atoms. The number of thiocarbonyl (C=S) groups is 1. The smallest absolute Gasteiger partial charge is 0.162 e. The van der Waals surface area contributed by atoms with Gasteiger partial charge in [0.05, 0.1) is 6.61 Å². The summed E-state index contributed by atoms with van der Waals surface area (Å²) >= 11 is 5.53. The minimum atomic E-state index is 0.445. The Morgan fingerprint density at radius 3 is 1.09 bits per heavy atom. The van der Waals surface area contributed by atoms with Gasteiger partial charge in [-0.05, 0) is 25.1 Å². The number of unbranched alkanes of at least 4 members (excludes halogenated alkanes) is 24. The number of hydrogen-bond acceptors (Lipinski definition) is 2. The fourth-order valence-corrected chi connectivity index (χ4v) is 5.22. The Morgan fingerprint density at radius 1 is 0.457 bits per heavy atom. The summed E-state index contributed by atoms with van der Waals surface area (Å²) in [5.41, 5.74) is 0. The van der Waals surface area contributed by atoms with Crippen LogP contribution in [-0.4, -0.2) is 11.7 Å². The van der Waals surface area contributed by atoms with Crippen molar-refractivity contribution in [3.63, 3.8) is 0 Å². The normalized spacial score (nSPS) is 12.2. The van der Waals surface area contributed by atoms with E-state index >= 15 is 0 Å². The van der Waals surface area contributed by atoms with Crippen molar-refractivity contribution in [2.75, 3.05) is 6.61 Å². The molecule has 0 aliphatic rings. The lowest BCUT2D eigenvalue weighted by Crippen LogP contribution is -2.13. The molecule has 0 heterocycles. The molecule has 210 valence electrons. The monoisotopic (exact) mass is 510 g/mol. The van der Waals surface area contributed by atoms with Crippen molar-refractivity contribution in [3.05, 3.63) is 0 Å². The van der Waals surface area contributed by atoms with E-state index in [1.54, 1.807) is 0 Å². The van der Waals surface area contributed by atoms with Gasteiger partial charge in [0.25, 0.3) is 0 Å². The van der Waals surface area contributed by atoms with Gasteiger partial charge in [0.1, 0.15) is 0 Å². The highest BCUT2D eigenvalue weighted by Gasteiger charge is 2.09. The maximum atomic E-state index is 5.90. The van der Waals surface area contributed by atoms with Crippen LogP contribution in [0.2, 0.25) is 0 Å². The van der Waals surface area contributed by atoms with E-state index in [-0.39, 0.29) is 0 Å². The highest BCUT2D eigenvalue weighted by atomic mass is 32.1. The lowest BCUT2D eigenvalue weighted by molar-refractivity contribution is 0.278. The summed E-state index contributed by atoms with van der Waals surface area (Å²) in [4.78, 5) is 0. The molecule has 1 nitrogen and oxygen atoms in total. The van der Waals surface area contributed by atoms with Crippen molar-refractivity contribution >= 4 is 17.3 Å². The third kappa shape index (κ3) is 28.3. The molecular formula is C33H66OS. The van der Waals surface area contributed by atoms with E-state index in [0.29, 0.717) is 5.92 Å². The van der Waals surface area contributed by atoms with Crippen LogP contribution in [0.15, 0.2) is 0 Å². The molecule has 0 aliphatic carbocycles. The molecule has 0 fully saturated rings. The summed E-state index contributed by atoms with van der Waals surface area (Å²) < 4.78 is 5.90. The first-order chi connectivity index (χ1) is 17.2. The lowest BCUT2D eigenvalue weighted by Gasteiger charge is -2.14. The van der Waals surface area contributed by atoms with E-state index in [4.69, 9.17) is 17.0 Å². The standard InChI is InChI=1S/C33H66OS/c1-4-6-8-10-12-14-16-17-18-19-20-21-23-25-27-29-31-34-33(35)32(3)30-28-26-24-22-15-13-11-9-7-5-2/h32H,4-31H2,1-3H3. The molecule has 0 aliphatic heterocycles. The van der Waals surface area contributed by atoms with Crippen LogP contribution in [0.4, 0.5) is 0 Å². The van der Waals surface area contributed by atoms with E-state index < -0.39 is 0 Å². The van der Waals surface area contributed by atoms with Gasteiger partial charge >= 0.3 is 0 Å². The molecule has 0 aromatic carbocycles. The second-order valence-electron chi connectivity index (χ2n) is 11.3. The number of hydrogen-bond donors (Lipinski definition) is 0. The average molecular weight is 511 g/mol. The van der Waals surface area contributed by atoms with Crippen LogP contribution >= 0.6 is 12.2 Å². The Hall–Kier alpha value is -0.110. The van der Waals surface area contributed by atoms with Gasteiger partial charge in [-0.1, -0.05) is 181 Å². The second-order valence-corrected chi connectivity index (χ2v) is 11.7. The fraction of sp³-hybridized carbons (Fsp3) is 0.970. The van der Waals surface area contributed by atoms with Gasteiger partial charge in [-0.2, -0.15) is 0 Å². The van der Waals surface area contributed by atoms with E-state index in [2.05, 4.69) is 20.8 Å². The molecule has 0 bridgehead atoms. The third-order valence-electron chi connectivity index (χ3n) is 7.64. The summed E-state index contributed by atoms with van der Waals surface area (Å²) in [5.74, 6) is 0.445. The number of rotatable bonds is 29. The van der Waals surface area contributed by atoms with Crippen LogP contribution < -0.4 is 0 Å². The highest BCUT2D eigenvalue weighted by molar-refractivity contribution is 7.80. The predicted molar refractivity (Wildman–Crippen MR) is 164 cm³/mol. The van der Waals surface area contributed by atoms with Gasteiger partial charge in [0, 0.05) is 5.92 Å². The Balaban J connectivity index is 3.26. The molecule has 0 amide bonds. The van der Waals surface area contributed by atoms with Gasteiger partial charge in [-0.15, -0.1) is 0 Å². The van der Waals surface area contributed by atoms with Gasteiger partial charge in [-0.25, -0.2) is 0 Å². The van der Waals surface area contributed by atoms with Gasteiger partial charge in [0.2, 0.25) is 0 Å². The van der Waals surface area contributed by atoms with Crippen molar-refractivity contribution in [1.82, 2.24) is 0 Å². The molecule has 1 atom stereocenters. The zero-order valence-corrected chi connectivity index (χ0v) is 25.5. The maximum Gasteiger partial charge on any atom is 0.162 e. The summed E-state index contributed by atoms with van der Waals surface area (Å²) in [6.45, 7) is 7.68. The van der Waals surface area contributed by atoms with E-state index in [1.165, 1.54) is 173 Å². The summed E-state index contributed by atoms with van der Waals surface area (Å²) in [7, 11) is 0. The fourth-order valence-electron chi connectivity index (χ4n) is 5.02. The molecule has 0 spiro atoms. The van der Waals surface area contributed by atoms with Gasteiger partial charge in [0.15, 0.2) is 5.05 Å². The Labute approximate surface area is 228 Å². The van der Waals surface area contributed by atoms with Crippen LogP contribution in [0.3, 0.4) is 0 Å². The zero-order chi connectivity index (χ0) is 25.7. The van der Waals surface area contributed by atoms with Crippen molar-refractivity contribution in [3.8, 4) is 0 Å². The molecule has 0 aromatic heterocycles. The van der Waals surface area contributed by atoms with Crippen LogP contribution in [0.1, 0.15) is 194 Å². The van der Waals surface area contributed by atoms with Crippen molar-refractivity contribution in [2.45, 2.75) is 194 Å². The molecular weight excluding hydrogens is 444 g/mol. The molecule has 0 saturated carbocycles. The first-order valence-electron chi connectivity index (χ1n) is 16.4. The molecule has 2 heteroatoms. The van der Waals surface area contributed by atoms with Crippen LogP contribution in [0.25, 0.3) is 0 Å². The molecule has 1 unspecified atom stereocenters. The zero-order valence-electron chi connectivity index (χ0n) is 24.7. The minimum absolute atomic E-state index is 0.445. The van der Waals surface area contributed by atoms with E-state index in [0.717, 1.165) is 11.7 Å². The molecule has 0 radical (unpaired) electrons. The van der Waals surface area contributed by atoms with Crippen LogP contribution in [-0.2, 0) is 4.74 Å². The van der Waals surface area contributed by atoms with Gasteiger partial charge < -0.3 is 4.74 Å². The molecule has 0 aromatic rings. The quantitative estimate of drug-likeness (QED) is 0.0730. The molecule has 0 saturated heterocycles. The van der Waals surface area contributed by atoms with Gasteiger partial charge in [-0.3, -0.25) is 0 Å². The maximum absolute atomic E-state index is 5.90. The largest absolute Gasteiger partial charge is 0.487 e. The Morgan fingerprint density at radius 2 is 0.743 bits per heavy atom. The Kier molecular flexibility index (Phi) is 30.0. The second kappa shape index (κ2) is 30.1.